The van der Waals surface area contributed by atoms with Crippen LogP contribution in [-0.2, 0) is 0 Å². The van der Waals surface area contributed by atoms with Crippen molar-refractivity contribution in [3.8, 4) is 22.8 Å². The number of halogens is 1. The van der Waals surface area contributed by atoms with Gasteiger partial charge in [-0.1, -0.05) is 18.2 Å². The molecular weight excluding hydrogens is 409 g/mol. The van der Waals surface area contributed by atoms with E-state index in [9.17, 15) is 9.18 Å². The molecule has 3 aromatic heterocycles. The lowest BCUT2D eigenvalue weighted by molar-refractivity contribution is 0.102. The number of benzene rings is 2. The number of anilines is 1. The normalized spacial score (nSPS) is 11.1. The van der Waals surface area contributed by atoms with E-state index in [0.717, 1.165) is 22.2 Å². The fraction of sp³-hybridized carbons (Fsp3) is 0.0833. The summed E-state index contributed by atoms with van der Waals surface area (Å²) in [7, 11) is 0. The summed E-state index contributed by atoms with van der Waals surface area (Å²) in [5.74, 6) is 0.721. The summed E-state index contributed by atoms with van der Waals surface area (Å²) >= 11 is 0. The molecule has 32 heavy (non-hydrogen) atoms. The van der Waals surface area contributed by atoms with Crippen molar-refractivity contribution in [1.29, 1.82) is 0 Å². The molecule has 0 bridgehead atoms. The van der Waals surface area contributed by atoms with Gasteiger partial charge in [-0.05, 0) is 54.4 Å². The van der Waals surface area contributed by atoms with Crippen LogP contribution in [0.15, 0.2) is 71.4 Å². The van der Waals surface area contributed by atoms with Crippen LogP contribution in [0.5, 0.6) is 0 Å². The maximum Gasteiger partial charge on any atom is 0.284 e. The van der Waals surface area contributed by atoms with Gasteiger partial charge in [0.2, 0.25) is 11.7 Å². The van der Waals surface area contributed by atoms with E-state index in [0.29, 0.717) is 28.9 Å². The van der Waals surface area contributed by atoms with Crippen LogP contribution in [-0.4, -0.2) is 25.5 Å². The highest BCUT2D eigenvalue weighted by molar-refractivity contribution is 6.06. The number of nitrogens with one attached hydrogen (secondary N) is 1. The van der Waals surface area contributed by atoms with E-state index >= 15 is 0 Å². The minimum Gasteiger partial charge on any atom is -0.419 e. The second-order valence-corrected chi connectivity index (χ2v) is 7.38. The first kappa shape index (κ1) is 19.6. The Bertz CT molecular complexity index is 1450. The van der Waals surface area contributed by atoms with Gasteiger partial charge in [0, 0.05) is 29.9 Å². The minimum atomic E-state index is -0.356. The van der Waals surface area contributed by atoms with Crippen LogP contribution in [0, 0.1) is 19.7 Å². The second-order valence-electron chi connectivity index (χ2n) is 7.38. The Morgan fingerprint density at radius 1 is 1.06 bits per heavy atom. The molecule has 2 aromatic carbocycles. The molecule has 5 aromatic rings. The average Bonchev–Trinajstić information content (AvgIpc) is 3.41. The minimum absolute atomic E-state index is 0.265. The molecule has 7 nitrogen and oxygen atoms in total. The molecule has 158 valence electrons. The number of imidazole rings is 1. The quantitative estimate of drug-likeness (QED) is 0.433. The summed E-state index contributed by atoms with van der Waals surface area (Å²) in [4.78, 5) is 17.4. The van der Waals surface area contributed by atoms with Crippen molar-refractivity contribution in [3.05, 3.63) is 89.8 Å². The summed E-state index contributed by atoms with van der Waals surface area (Å²) in [6.07, 6.45) is 3.61. The number of hydrogen-bond acceptors (Lipinski definition) is 5. The number of carbonyl (C=O) groups is 1. The summed E-state index contributed by atoms with van der Waals surface area (Å²) in [5.41, 5.74) is 4.49. The molecule has 0 fully saturated rings. The molecular formula is C24H18FN5O2. The third-order valence-electron chi connectivity index (χ3n) is 5.18. The number of aryl methyl sites for hydroxylation is 2. The van der Waals surface area contributed by atoms with Crippen LogP contribution >= 0.6 is 0 Å². The molecule has 0 radical (unpaired) electrons. The molecule has 0 aliphatic rings. The van der Waals surface area contributed by atoms with Crippen molar-refractivity contribution in [1.82, 2.24) is 19.6 Å². The Kier molecular flexibility index (Phi) is 4.74. The summed E-state index contributed by atoms with van der Waals surface area (Å²) in [6.45, 7) is 3.60. The molecule has 0 unspecified atom stereocenters. The van der Waals surface area contributed by atoms with Crippen LogP contribution in [0.4, 0.5) is 10.1 Å². The molecule has 0 atom stereocenters. The monoisotopic (exact) mass is 427 g/mol. The first-order valence-electron chi connectivity index (χ1n) is 9.94. The molecule has 0 aliphatic heterocycles. The van der Waals surface area contributed by atoms with Crippen molar-refractivity contribution in [2.75, 3.05) is 5.32 Å². The Hall–Kier alpha value is -4.33. The lowest BCUT2D eigenvalue weighted by atomic mass is 9.99. The standard InChI is InChI=1S/C24H18FN5O2/c1-14-5-6-16(12-20(14)23(31)27-18-9-7-17(25)8-10-18)19-4-3-11-30-21(19)13-26-22(30)24-29-28-15(2)32-24/h3-13H,1-2H3,(H,27,31). The average molecular weight is 427 g/mol. The van der Waals surface area contributed by atoms with Crippen molar-refractivity contribution in [2.24, 2.45) is 0 Å². The van der Waals surface area contributed by atoms with Crippen LogP contribution < -0.4 is 5.32 Å². The predicted molar refractivity (Wildman–Crippen MR) is 118 cm³/mol. The molecule has 1 amide bonds. The second kappa shape index (κ2) is 7.73. The highest BCUT2D eigenvalue weighted by atomic mass is 19.1. The van der Waals surface area contributed by atoms with E-state index in [2.05, 4.69) is 20.5 Å². The van der Waals surface area contributed by atoms with Crippen molar-refractivity contribution < 1.29 is 13.6 Å². The van der Waals surface area contributed by atoms with Gasteiger partial charge in [0.25, 0.3) is 11.8 Å². The van der Waals surface area contributed by atoms with E-state index in [4.69, 9.17) is 4.42 Å². The number of fused-ring (bicyclic) bond motifs is 1. The van der Waals surface area contributed by atoms with Gasteiger partial charge in [0.05, 0.1) is 11.7 Å². The van der Waals surface area contributed by atoms with Crippen LogP contribution in [0.2, 0.25) is 0 Å². The lowest BCUT2D eigenvalue weighted by Gasteiger charge is -2.11. The van der Waals surface area contributed by atoms with Gasteiger partial charge in [-0.3, -0.25) is 9.20 Å². The molecule has 0 aliphatic carbocycles. The molecule has 0 saturated carbocycles. The first-order chi connectivity index (χ1) is 15.5. The maximum absolute atomic E-state index is 13.2. The van der Waals surface area contributed by atoms with E-state index < -0.39 is 0 Å². The van der Waals surface area contributed by atoms with Crippen molar-refractivity contribution >= 4 is 17.1 Å². The number of carbonyl (C=O) groups excluding carboxylic acids is 1. The summed E-state index contributed by atoms with van der Waals surface area (Å²) < 4.78 is 20.6. The number of nitrogens with zero attached hydrogens (tertiary/aromatic N) is 4. The molecule has 8 heteroatoms. The SMILES string of the molecule is Cc1nnc(-c2ncc3c(-c4ccc(C)c(C(=O)Nc5ccc(F)cc5)c4)cccn23)o1. The lowest BCUT2D eigenvalue weighted by Crippen LogP contribution is -2.13. The molecule has 0 saturated heterocycles. The zero-order chi connectivity index (χ0) is 22.2. The molecule has 3 heterocycles. The Balaban J connectivity index is 1.53. The Labute approximate surface area is 182 Å². The fourth-order valence-corrected chi connectivity index (χ4v) is 3.58. The van der Waals surface area contributed by atoms with Crippen molar-refractivity contribution in [3.63, 3.8) is 0 Å². The third-order valence-corrected chi connectivity index (χ3v) is 5.18. The number of rotatable bonds is 4. The number of amides is 1. The zero-order valence-corrected chi connectivity index (χ0v) is 17.3. The number of aromatic nitrogens is 4. The van der Waals surface area contributed by atoms with Gasteiger partial charge in [0.15, 0.2) is 0 Å². The van der Waals surface area contributed by atoms with Gasteiger partial charge in [-0.2, -0.15) is 0 Å². The topological polar surface area (TPSA) is 85.3 Å². The smallest absolute Gasteiger partial charge is 0.284 e. The largest absolute Gasteiger partial charge is 0.419 e. The van der Waals surface area contributed by atoms with Crippen LogP contribution in [0.3, 0.4) is 0 Å². The zero-order valence-electron chi connectivity index (χ0n) is 17.3. The highest BCUT2D eigenvalue weighted by Gasteiger charge is 2.17. The van der Waals surface area contributed by atoms with Gasteiger partial charge in [-0.15, -0.1) is 10.2 Å². The number of hydrogen-bond donors (Lipinski definition) is 1. The third kappa shape index (κ3) is 3.51. The van der Waals surface area contributed by atoms with Gasteiger partial charge < -0.3 is 9.73 Å². The predicted octanol–water partition coefficient (Wildman–Crippen LogP) is 5.06. The maximum atomic E-state index is 13.2. The van der Waals surface area contributed by atoms with Crippen LogP contribution in [0.1, 0.15) is 21.8 Å². The molecule has 5 rings (SSSR count). The Morgan fingerprint density at radius 3 is 2.62 bits per heavy atom. The van der Waals surface area contributed by atoms with E-state index in [1.807, 2.05) is 47.9 Å². The van der Waals surface area contributed by atoms with E-state index in [1.54, 1.807) is 13.1 Å². The molecule has 1 N–H and O–H groups in total. The summed E-state index contributed by atoms with van der Waals surface area (Å²) in [6, 6.07) is 15.2. The highest BCUT2D eigenvalue weighted by Crippen LogP contribution is 2.29. The molecule has 0 spiro atoms. The first-order valence-corrected chi connectivity index (χ1v) is 9.94. The van der Waals surface area contributed by atoms with Crippen LogP contribution in [0.25, 0.3) is 28.4 Å². The van der Waals surface area contributed by atoms with Gasteiger partial charge in [-0.25, -0.2) is 9.37 Å². The Morgan fingerprint density at radius 2 is 1.88 bits per heavy atom. The summed E-state index contributed by atoms with van der Waals surface area (Å²) in [5, 5.41) is 10.8. The van der Waals surface area contributed by atoms with Crippen molar-refractivity contribution in [2.45, 2.75) is 13.8 Å². The van der Waals surface area contributed by atoms with Gasteiger partial charge in [0.1, 0.15) is 5.82 Å². The van der Waals surface area contributed by atoms with E-state index in [1.165, 1.54) is 24.3 Å². The van der Waals surface area contributed by atoms with E-state index in [-0.39, 0.29) is 11.7 Å². The van der Waals surface area contributed by atoms with Gasteiger partial charge >= 0.3 is 0 Å². The number of pyridine rings is 1. The fourth-order valence-electron chi connectivity index (χ4n) is 3.58.